The molecule has 0 saturated carbocycles. The zero-order chi connectivity index (χ0) is 27.5. The summed E-state index contributed by atoms with van der Waals surface area (Å²) < 4.78 is 30.4. The van der Waals surface area contributed by atoms with Gasteiger partial charge in [-0.1, -0.05) is 28.9 Å². The molecular formula is C30H28ClFN4O4. The first-order valence-corrected chi connectivity index (χ1v) is 13.5. The zero-order valence-electron chi connectivity index (χ0n) is 21.7. The summed E-state index contributed by atoms with van der Waals surface area (Å²) in [6.45, 7) is 4.68. The minimum atomic E-state index is -0.634. The third kappa shape index (κ3) is 6.18. The molecule has 0 bridgehead atoms. The van der Waals surface area contributed by atoms with Crippen LogP contribution in [0.25, 0.3) is 33.8 Å². The van der Waals surface area contributed by atoms with Gasteiger partial charge in [0.2, 0.25) is 5.89 Å². The van der Waals surface area contributed by atoms with Gasteiger partial charge in [0.1, 0.15) is 35.5 Å². The van der Waals surface area contributed by atoms with Gasteiger partial charge in [0.25, 0.3) is 0 Å². The molecule has 8 nitrogen and oxygen atoms in total. The molecule has 1 saturated heterocycles. The van der Waals surface area contributed by atoms with E-state index in [0.717, 1.165) is 43.1 Å². The molecule has 40 heavy (non-hydrogen) atoms. The van der Waals surface area contributed by atoms with E-state index in [1.807, 2.05) is 24.3 Å². The monoisotopic (exact) mass is 562 g/mol. The lowest BCUT2D eigenvalue weighted by Gasteiger charge is -2.35. The number of aliphatic hydroxyl groups excluding tert-OH is 1. The maximum atomic E-state index is 13.2. The number of nitrogens with zero attached hydrogens (tertiary/aromatic N) is 4. The van der Waals surface area contributed by atoms with Crippen LogP contribution in [-0.2, 0) is 6.54 Å². The van der Waals surface area contributed by atoms with Crippen molar-refractivity contribution in [2.75, 3.05) is 39.3 Å². The van der Waals surface area contributed by atoms with Crippen molar-refractivity contribution in [3.63, 3.8) is 0 Å². The molecule has 5 aromatic rings. The smallest absolute Gasteiger partial charge is 0.228 e. The van der Waals surface area contributed by atoms with Crippen LogP contribution in [0.5, 0.6) is 5.75 Å². The Labute approximate surface area is 235 Å². The number of fused-ring (bicyclic) bond motifs is 1. The van der Waals surface area contributed by atoms with Gasteiger partial charge in [-0.3, -0.25) is 9.80 Å². The Morgan fingerprint density at radius 2 is 1.75 bits per heavy atom. The van der Waals surface area contributed by atoms with Crippen LogP contribution in [0.2, 0.25) is 5.02 Å². The fourth-order valence-electron chi connectivity index (χ4n) is 4.78. The molecule has 0 unspecified atom stereocenters. The van der Waals surface area contributed by atoms with Crippen LogP contribution in [-0.4, -0.2) is 70.5 Å². The molecule has 206 valence electrons. The molecule has 0 radical (unpaired) electrons. The number of halogens is 2. The van der Waals surface area contributed by atoms with Crippen LogP contribution >= 0.6 is 11.6 Å². The van der Waals surface area contributed by atoms with Gasteiger partial charge in [-0.25, -0.2) is 9.37 Å². The number of piperazine rings is 1. The van der Waals surface area contributed by atoms with Gasteiger partial charge in [-0.15, -0.1) is 0 Å². The molecule has 1 aliphatic rings. The van der Waals surface area contributed by atoms with Crippen LogP contribution < -0.4 is 4.74 Å². The van der Waals surface area contributed by atoms with Crippen LogP contribution in [0.1, 0.15) is 5.76 Å². The average molecular weight is 563 g/mol. The topological polar surface area (TPSA) is 88.0 Å². The maximum absolute atomic E-state index is 13.2. The molecule has 1 aliphatic heterocycles. The lowest BCUT2D eigenvalue weighted by atomic mass is 10.1. The molecule has 1 atom stereocenters. The summed E-state index contributed by atoms with van der Waals surface area (Å²) in [5.74, 6) is 1.55. The summed E-state index contributed by atoms with van der Waals surface area (Å²) in [6, 6.07) is 20.9. The average Bonchev–Trinajstić information content (AvgIpc) is 3.60. The van der Waals surface area contributed by atoms with Crippen molar-refractivity contribution in [2.24, 2.45) is 0 Å². The quantitative estimate of drug-likeness (QED) is 0.252. The first-order chi connectivity index (χ1) is 19.5. The van der Waals surface area contributed by atoms with E-state index in [9.17, 15) is 9.50 Å². The van der Waals surface area contributed by atoms with E-state index in [1.54, 1.807) is 36.4 Å². The van der Waals surface area contributed by atoms with Crippen LogP contribution in [0.4, 0.5) is 4.39 Å². The van der Waals surface area contributed by atoms with E-state index < -0.39 is 6.10 Å². The van der Waals surface area contributed by atoms with E-state index in [4.69, 9.17) is 25.3 Å². The van der Waals surface area contributed by atoms with E-state index >= 15 is 0 Å². The SMILES string of the molecule is O[C@@H](COc1ccc2oc(-c3ccccc3Cl)nc2c1)CN1CCN(Cc2cc(-c3ccc(F)cc3)no2)CC1. The number of hydrogen-bond donors (Lipinski definition) is 1. The van der Waals surface area contributed by atoms with Gasteiger partial charge in [0.15, 0.2) is 11.3 Å². The number of benzene rings is 3. The van der Waals surface area contributed by atoms with E-state index in [1.165, 1.54) is 12.1 Å². The third-order valence-electron chi connectivity index (χ3n) is 6.92. The summed E-state index contributed by atoms with van der Waals surface area (Å²) in [4.78, 5) is 9.07. The fourth-order valence-corrected chi connectivity index (χ4v) is 5.00. The van der Waals surface area contributed by atoms with E-state index in [2.05, 4.69) is 19.9 Å². The number of β-amino-alcohol motifs (C(OH)–C–C–N with tert-alkyl or cyclic N) is 1. The summed E-state index contributed by atoms with van der Waals surface area (Å²) in [6.07, 6.45) is -0.634. The van der Waals surface area contributed by atoms with Crippen molar-refractivity contribution in [3.8, 4) is 28.5 Å². The summed E-state index contributed by atoms with van der Waals surface area (Å²) in [5.41, 5.74) is 3.54. The molecular weight excluding hydrogens is 535 g/mol. The van der Waals surface area contributed by atoms with Gasteiger partial charge in [0, 0.05) is 50.4 Å². The second kappa shape index (κ2) is 11.8. The van der Waals surface area contributed by atoms with E-state index in [0.29, 0.717) is 46.5 Å². The second-order valence-corrected chi connectivity index (χ2v) is 10.3. The van der Waals surface area contributed by atoms with Gasteiger partial charge >= 0.3 is 0 Å². The molecule has 3 aromatic carbocycles. The fraction of sp³-hybridized carbons (Fsp3) is 0.267. The second-order valence-electron chi connectivity index (χ2n) is 9.86. The predicted molar refractivity (Wildman–Crippen MR) is 150 cm³/mol. The Bertz CT molecular complexity index is 1580. The molecule has 0 aliphatic carbocycles. The number of ether oxygens (including phenoxy) is 1. The number of aromatic nitrogens is 2. The van der Waals surface area contributed by atoms with Crippen molar-refractivity contribution < 1.29 is 23.2 Å². The Balaban J connectivity index is 0.963. The maximum Gasteiger partial charge on any atom is 0.228 e. The molecule has 2 aromatic heterocycles. The lowest BCUT2D eigenvalue weighted by molar-refractivity contribution is 0.0430. The molecule has 0 amide bonds. The minimum Gasteiger partial charge on any atom is -0.491 e. The van der Waals surface area contributed by atoms with Crippen molar-refractivity contribution in [1.29, 1.82) is 0 Å². The van der Waals surface area contributed by atoms with Crippen molar-refractivity contribution in [1.82, 2.24) is 19.9 Å². The van der Waals surface area contributed by atoms with Gasteiger partial charge in [-0.2, -0.15) is 0 Å². The highest BCUT2D eigenvalue weighted by Gasteiger charge is 2.21. The largest absolute Gasteiger partial charge is 0.491 e. The molecule has 1 fully saturated rings. The number of hydrogen-bond acceptors (Lipinski definition) is 8. The van der Waals surface area contributed by atoms with Gasteiger partial charge in [0.05, 0.1) is 17.1 Å². The van der Waals surface area contributed by atoms with Gasteiger partial charge in [-0.05, 0) is 48.5 Å². The predicted octanol–water partition coefficient (Wildman–Crippen LogP) is 5.50. The van der Waals surface area contributed by atoms with Crippen molar-refractivity contribution >= 4 is 22.7 Å². The van der Waals surface area contributed by atoms with Crippen LogP contribution in [0.3, 0.4) is 0 Å². The van der Waals surface area contributed by atoms with Crippen LogP contribution in [0, 0.1) is 5.82 Å². The summed E-state index contributed by atoms with van der Waals surface area (Å²) >= 11 is 6.28. The normalized spacial score (nSPS) is 15.5. The van der Waals surface area contributed by atoms with Gasteiger partial charge < -0.3 is 18.8 Å². The Morgan fingerprint density at radius 1 is 0.975 bits per heavy atom. The Hall–Kier alpha value is -3.76. The number of aliphatic hydroxyl groups is 1. The molecule has 6 rings (SSSR count). The highest BCUT2D eigenvalue weighted by Crippen LogP contribution is 2.31. The first kappa shape index (κ1) is 26.5. The Morgan fingerprint density at radius 3 is 2.55 bits per heavy atom. The zero-order valence-corrected chi connectivity index (χ0v) is 22.4. The number of oxazole rings is 1. The standard InChI is InChI=1S/C30H28ClFN4O4/c31-26-4-2-1-3-25(26)30-33-28-15-23(9-10-29(28)39-30)38-19-22(37)17-35-11-13-36(14-12-35)18-24-16-27(34-40-24)20-5-7-21(32)8-6-20/h1-10,15-16,22,37H,11-14,17-19H2/t22-/m1/s1. The Kier molecular flexibility index (Phi) is 7.79. The third-order valence-corrected chi connectivity index (χ3v) is 7.25. The molecule has 3 heterocycles. The molecule has 10 heteroatoms. The first-order valence-electron chi connectivity index (χ1n) is 13.1. The highest BCUT2D eigenvalue weighted by molar-refractivity contribution is 6.33. The number of rotatable bonds is 9. The van der Waals surface area contributed by atoms with Crippen molar-refractivity contribution in [3.05, 3.63) is 89.4 Å². The van der Waals surface area contributed by atoms with E-state index in [-0.39, 0.29) is 12.4 Å². The van der Waals surface area contributed by atoms with Crippen LogP contribution in [0.15, 0.2) is 81.7 Å². The summed E-state index contributed by atoms with van der Waals surface area (Å²) in [7, 11) is 0. The molecule has 1 N–H and O–H groups in total. The highest BCUT2D eigenvalue weighted by atomic mass is 35.5. The minimum absolute atomic E-state index is 0.172. The molecule has 0 spiro atoms. The summed E-state index contributed by atoms with van der Waals surface area (Å²) in [5, 5.41) is 15.3. The van der Waals surface area contributed by atoms with Crippen molar-refractivity contribution in [2.45, 2.75) is 12.6 Å². The lowest BCUT2D eigenvalue weighted by Crippen LogP contribution is -2.48.